The number of hydrogen-bond acceptors (Lipinski definition) is 2. The average molecular weight is 297 g/mol. The molecule has 0 aliphatic heterocycles. The monoisotopic (exact) mass is 296 g/mol. The lowest BCUT2D eigenvalue weighted by Crippen LogP contribution is -1.95. The molecule has 1 N–H and O–H groups in total. The summed E-state index contributed by atoms with van der Waals surface area (Å²) in [5.41, 5.74) is 0.934. The largest absolute Gasteiger partial charge is 0.508 e. The molecule has 0 unspecified atom stereocenters. The Morgan fingerprint density at radius 2 is 1.82 bits per heavy atom. The summed E-state index contributed by atoms with van der Waals surface area (Å²) in [6, 6.07) is 11.2. The number of benzene rings is 2. The quantitative estimate of drug-likeness (QED) is 0.931. The number of phenols is 1. The molecule has 0 radical (unpaired) electrons. The molecule has 0 saturated heterocycles. The van der Waals surface area contributed by atoms with Gasteiger partial charge in [-0.3, -0.25) is 0 Å². The van der Waals surface area contributed by atoms with Gasteiger partial charge in [-0.2, -0.15) is 0 Å². The van der Waals surface area contributed by atoms with Crippen molar-refractivity contribution in [2.45, 2.75) is 6.61 Å². The first-order chi connectivity index (χ1) is 8.15. The van der Waals surface area contributed by atoms with E-state index in [1.165, 1.54) is 6.07 Å². The molecule has 0 spiro atoms. The van der Waals surface area contributed by atoms with Crippen LogP contribution in [0.3, 0.4) is 0 Å². The normalized spacial score (nSPS) is 10.2. The van der Waals surface area contributed by atoms with E-state index in [9.17, 15) is 4.39 Å². The molecular formula is C13H10BrFO2. The average Bonchev–Trinajstić information content (AvgIpc) is 2.33. The Bertz CT molecular complexity index is 511. The molecule has 0 bridgehead atoms. The molecule has 0 atom stereocenters. The smallest absolute Gasteiger partial charge is 0.137 e. The van der Waals surface area contributed by atoms with Crippen LogP contribution in [0.15, 0.2) is 46.9 Å². The minimum absolute atomic E-state index is 0.221. The molecular weight excluding hydrogens is 287 g/mol. The molecule has 2 aromatic carbocycles. The van der Waals surface area contributed by atoms with Crippen molar-refractivity contribution < 1.29 is 14.2 Å². The maximum absolute atomic E-state index is 13.0. The predicted molar refractivity (Wildman–Crippen MR) is 66.5 cm³/mol. The van der Waals surface area contributed by atoms with Crippen molar-refractivity contribution in [1.82, 2.24) is 0 Å². The summed E-state index contributed by atoms with van der Waals surface area (Å²) in [6.07, 6.45) is 0. The molecule has 88 valence electrons. The van der Waals surface area contributed by atoms with Crippen LogP contribution in [0.2, 0.25) is 0 Å². The Labute approximate surface area is 107 Å². The Hall–Kier alpha value is -1.55. The number of aromatic hydroxyl groups is 1. The number of halogens is 2. The molecule has 0 heterocycles. The summed E-state index contributed by atoms with van der Waals surface area (Å²) < 4.78 is 18.8. The van der Waals surface area contributed by atoms with Gasteiger partial charge >= 0.3 is 0 Å². The highest BCUT2D eigenvalue weighted by Gasteiger charge is 2.01. The van der Waals surface area contributed by atoms with Crippen LogP contribution in [-0.4, -0.2) is 5.11 Å². The van der Waals surface area contributed by atoms with Crippen LogP contribution in [-0.2, 0) is 6.61 Å². The van der Waals surface area contributed by atoms with Crippen LogP contribution in [0.1, 0.15) is 5.56 Å². The fourth-order valence-electron chi connectivity index (χ4n) is 1.33. The SMILES string of the molecule is Oc1ccc(COc2ccc(F)c(Br)c2)cc1. The Morgan fingerprint density at radius 1 is 1.12 bits per heavy atom. The van der Waals surface area contributed by atoms with E-state index in [1.807, 2.05) is 0 Å². The van der Waals surface area contributed by atoms with Crippen LogP contribution in [0.25, 0.3) is 0 Å². The third-order valence-electron chi connectivity index (χ3n) is 2.23. The van der Waals surface area contributed by atoms with Gasteiger partial charge in [0, 0.05) is 0 Å². The van der Waals surface area contributed by atoms with Crippen molar-refractivity contribution in [3.63, 3.8) is 0 Å². The van der Waals surface area contributed by atoms with E-state index >= 15 is 0 Å². The van der Waals surface area contributed by atoms with Crippen molar-refractivity contribution in [1.29, 1.82) is 0 Å². The lowest BCUT2D eigenvalue weighted by molar-refractivity contribution is 0.305. The van der Waals surface area contributed by atoms with Crippen LogP contribution in [0.4, 0.5) is 4.39 Å². The summed E-state index contributed by atoms with van der Waals surface area (Å²) in [5, 5.41) is 9.12. The Kier molecular flexibility index (Phi) is 3.64. The molecule has 0 saturated carbocycles. The van der Waals surface area contributed by atoms with Gasteiger partial charge in [-0.15, -0.1) is 0 Å². The first-order valence-electron chi connectivity index (χ1n) is 5.01. The molecule has 0 aliphatic carbocycles. The van der Waals surface area contributed by atoms with Gasteiger partial charge in [0.25, 0.3) is 0 Å². The summed E-state index contributed by atoms with van der Waals surface area (Å²) in [6.45, 7) is 0.373. The molecule has 4 heteroatoms. The maximum atomic E-state index is 13.0. The van der Waals surface area contributed by atoms with E-state index < -0.39 is 0 Å². The van der Waals surface area contributed by atoms with Crippen LogP contribution < -0.4 is 4.74 Å². The molecule has 0 aromatic heterocycles. The van der Waals surface area contributed by atoms with Crippen molar-refractivity contribution >= 4 is 15.9 Å². The van der Waals surface area contributed by atoms with Gasteiger partial charge < -0.3 is 9.84 Å². The third-order valence-corrected chi connectivity index (χ3v) is 2.84. The van der Waals surface area contributed by atoms with Crippen LogP contribution >= 0.6 is 15.9 Å². The molecule has 2 nitrogen and oxygen atoms in total. The first-order valence-corrected chi connectivity index (χ1v) is 5.80. The summed E-state index contributed by atoms with van der Waals surface area (Å²) in [4.78, 5) is 0. The van der Waals surface area contributed by atoms with Gasteiger partial charge in [0.2, 0.25) is 0 Å². The van der Waals surface area contributed by atoms with Crippen LogP contribution in [0.5, 0.6) is 11.5 Å². The van der Waals surface area contributed by atoms with E-state index in [0.29, 0.717) is 16.8 Å². The predicted octanol–water partition coefficient (Wildman–Crippen LogP) is 3.87. The van der Waals surface area contributed by atoms with Gasteiger partial charge in [-0.05, 0) is 51.8 Å². The van der Waals surface area contributed by atoms with Crippen molar-refractivity contribution in [3.8, 4) is 11.5 Å². The fourth-order valence-corrected chi connectivity index (χ4v) is 1.68. The first kappa shape index (κ1) is 11.9. The van der Waals surface area contributed by atoms with Crippen LogP contribution in [0, 0.1) is 5.82 Å². The molecule has 0 fully saturated rings. The third kappa shape index (κ3) is 3.20. The van der Waals surface area contributed by atoms with Crippen molar-refractivity contribution in [3.05, 3.63) is 58.3 Å². The summed E-state index contributed by atoms with van der Waals surface area (Å²) in [7, 11) is 0. The van der Waals surface area contributed by atoms with Gasteiger partial charge in [0.1, 0.15) is 23.9 Å². The number of rotatable bonds is 3. The molecule has 0 amide bonds. The van der Waals surface area contributed by atoms with Gasteiger partial charge in [-0.1, -0.05) is 12.1 Å². The zero-order chi connectivity index (χ0) is 12.3. The second kappa shape index (κ2) is 5.19. The topological polar surface area (TPSA) is 29.5 Å². The van der Waals surface area contributed by atoms with E-state index in [-0.39, 0.29) is 11.6 Å². The zero-order valence-electron chi connectivity index (χ0n) is 8.86. The highest BCUT2D eigenvalue weighted by atomic mass is 79.9. The zero-order valence-corrected chi connectivity index (χ0v) is 10.4. The molecule has 0 aliphatic rings. The molecule has 17 heavy (non-hydrogen) atoms. The lowest BCUT2D eigenvalue weighted by atomic mass is 10.2. The van der Waals surface area contributed by atoms with E-state index in [2.05, 4.69) is 15.9 Å². The van der Waals surface area contributed by atoms with Gasteiger partial charge in [-0.25, -0.2) is 4.39 Å². The second-order valence-corrected chi connectivity index (χ2v) is 4.39. The Balaban J connectivity index is 2.02. The molecule has 2 rings (SSSR count). The number of phenolic OH excluding ortho intramolecular Hbond substituents is 1. The lowest BCUT2D eigenvalue weighted by Gasteiger charge is -2.07. The van der Waals surface area contributed by atoms with E-state index in [1.54, 1.807) is 36.4 Å². The molecule has 2 aromatic rings. The highest BCUT2D eigenvalue weighted by molar-refractivity contribution is 9.10. The van der Waals surface area contributed by atoms with E-state index in [4.69, 9.17) is 9.84 Å². The standard InChI is InChI=1S/C13H10BrFO2/c14-12-7-11(5-6-13(12)15)17-8-9-1-3-10(16)4-2-9/h1-7,16H,8H2. The van der Waals surface area contributed by atoms with E-state index in [0.717, 1.165) is 5.56 Å². The fraction of sp³-hybridized carbons (Fsp3) is 0.0769. The van der Waals surface area contributed by atoms with Crippen molar-refractivity contribution in [2.24, 2.45) is 0 Å². The van der Waals surface area contributed by atoms with Gasteiger partial charge in [0.05, 0.1) is 4.47 Å². The van der Waals surface area contributed by atoms with Crippen molar-refractivity contribution in [2.75, 3.05) is 0 Å². The number of ether oxygens (including phenoxy) is 1. The Morgan fingerprint density at radius 3 is 2.47 bits per heavy atom. The maximum Gasteiger partial charge on any atom is 0.137 e. The minimum atomic E-state index is -0.318. The second-order valence-electron chi connectivity index (χ2n) is 3.53. The van der Waals surface area contributed by atoms with Gasteiger partial charge in [0.15, 0.2) is 0 Å². The summed E-state index contributed by atoms with van der Waals surface area (Å²) in [5.74, 6) is 0.492. The summed E-state index contributed by atoms with van der Waals surface area (Å²) >= 11 is 3.09. The number of hydrogen-bond donors (Lipinski definition) is 1. The minimum Gasteiger partial charge on any atom is -0.508 e. The highest BCUT2D eigenvalue weighted by Crippen LogP contribution is 2.22.